The molecule has 1 amide bonds. The fourth-order valence-corrected chi connectivity index (χ4v) is 3.62. The molecule has 0 aliphatic carbocycles. The van der Waals surface area contributed by atoms with Gasteiger partial charge in [0.15, 0.2) is 5.16 Å². The summed E-state index contributed by atoms with van der Waals surface area (Å²) in [7, 11) is 1.64. The first kappa shape index (κ1) is 19.8. The number of thioether (sulfide) groups is 1. The van der Waals surface area contributed by atoms with E-state index in [1.807, 2.05) is 28.8 Å². The molecular formula is C19H20N4O4S. The van der Waals surface area contributed by atoms with Gasteiger partial charge in [0.05, 0.1) is 28.3 Å². The number of aryl methyl sites for hydroxylation is 1. The first-order chi connectivity index (χ1) is 13.5. The quantitative estimate of drug-likeness (QED) is 0.352. The number of carbonyl (C=O) groups is 1. The van der Waals surface area contributed by atoms with E-state index in [1.165, 1.54) is 23.9 Å². The number of para-hydroxylation sites is 2. The highest BCUT2D eigenvalue weighted by atomic mass is 32.2. The second-order valence-electron chi connectivity index (χ2n) is 6.12. The molecule has 1 N–H and O–H groups in total. The molecule has 3 rings (SSSR count). The van der Waals surface area contributed by atoms with Crippen molar-refractivity contribution in [1.82, 2.24) is 9.55 Å². The molecule has 0 fully saturated rings. The summed E-state index contributed by atoms with van der Waals surface area (Å²) in [5.74, 6) is -0.0282. The zero-order chi connectivity index (χ0) is 20.1. The highest BCUT2D eigenvalue weighted by Gasteiger charge is 2.14. The summed E-state index contributed by atoms with van der Waals surface area (Å²) in [4.78, 5) is 27.3. The van der Waals surface area contributed by atoms with Crippen molar-refractivity contribution in [2.24, 2.45) is 0 Å². The van der Waals surface area contributed by atoms with Gasteiger partial charge in [-0.2, -0.15) is 0 Å². The molecule has 0 spiro atoms. The van der Waals surface area contributed by atoms with Gasteiger partial charge < -0.3 is 14.6 Å². The highest BCUT2D eigenvalue weighted by molar-refractivity contribution is 7.99. The van der Waals surface area contributed by atoms with Gasteiger partial charge in [-0.15, -0.1) is 0 Å². The zero-order valence-electron chi connectivity index (χ0n) is 15.5. The molecule has 0 saturated heterocycles. The van der Waals surface area contributed by atoms with Gasteiger partial charge in [0, 0.05) is 31.5 Å². The van der Waals surface area contributed by atoms with Crippen LogP contribution in [0.1, 0.15) is 5.56 Å². The molecule has 2 aromatic carbocycles. The van der Waals surface area contributed by atoms with Gasteiger partial charge in [-0.1, -0.05) is 23.9 Å². The molecule has 0 radical (unpaired) electrons. The molecule has 0 atom stereocenters. The second kappa shape index (κ2) is 8.85. The number of nitrogens with one attached hydrogen (secondary N) is 1. The van der Waals surface area contributed by atoms with E-state index in [1.54, 1.807) is 20.1 Å². The molecule has 0 saturated carbocycles. The fraction of sp³-hybridized carbons (Fsp3) is 0.263. The fourth-order valence-electron chi connectivity index (χ4n) is 2.78. The lowest BCUT2D eigenvalue weighted by atomic mass is 10.2. The van der Waals surface area contributed by atoms with Crippen molar-refractivity contribution in [3.8, 4) is 0 Å². The van der Waals surface area contributed by atoms with Crippen molar-refractivity contribution in [2.45, 2.75) is 18.6 Å². The Kier molecular flexibility index (Phi) is 6.27. The third kappa shape index (κ3) is 4.49. The lowest BCUT2D eigenvalue weighted by Gasteiger charge is -2.10. The van der Waals surface area contributed by atoms with E-state index in [-0.39, 0.29) is 17.3 Å². The van der Waals surface area contributed by atoms with Crippen molar-refractivity contribution in [3.05, 3.63) is 58.1 Å². The number of anilines is 1. The predicted octanol–water partition coefficient (Wildman–Crippen LogP) is 3.63. The third-order valence-corrected chi connectivity index (χ3v) is 5.14. The number of hydrogen-bond acceptors (Lipinski definition) is 6. The standard InChI is InChI=1S/C19H20N4O4S/c1-13-11-14(23(25)26)7-8-15(13)20-18(24)12-28-19-21-16-5-3-4-6-17(16)22(19)9-10-27-2/h3-8,11H,9-10,12H2,1-2H3,(H,20,24). The molecule has 9 heteroatoms. The van der Waals surface area contributed by atoms with Gasteiger partial charge in [0.1, 0.15) is 0 Å². The number of nitro groups is 1. The molecule has 0 bridgehead atoms. The average Bonchev–Trinajstić information content (AvgIpc) is 3.03. The van der Waals surface area contributed by atoms with Gasteiger partial charge in [-0.25, -0.2) is 4.98 Å². The Morgan fingerprint density at radius 1 is 1.32 bits per heavy atom. The second-order valence-corrected chi connectivity index (χ2v) is 7.06. The summed E-state index contributed by atoms with van der Waals surface area (Å²) in [5, 5.41) is 14.4. The van der Waals surface area contributed by atoms with Gasteiger partial charge in [0.2, 0.25) is 5.91 Å². The number of aromatic nitrogens is 2. The van der Waals surface area contributed by atoms with Gasteiger partial charge in [0.25, 0.3) is 5.69 Å². The van der Waals surface area contributed by atoms with Crippen molar-refractivity contribution in [2.75, 3.05) is 24.8 Å². The van der Waals surface area contributed by atoms with Crippen LogP contribution in [-0.2, 0) is 16.1 Å². The lowest BCUT2D eigenvalue weighted by molar-refractivity contribution is -0.384. The van der Waals surface area contributed by atoms with E-state index in [2.05, 4.69) is 10.3 Å². The molecule has 28 heavy (non-hydrogen) atoms. The number of rotatable bonds is 8. The molecule has 0 aliphatic rings. The summed E-state index contributed by atoms with van der Waals surface area (Å²) in [6.45, 7) is 2.91. The Balaban J connectivity index is 1.70. The third-order valence-electron chi connectivity index (χ3n) is 4.17. The number of imidazole rings is 1. The molecular weight excluding hydrogens is 380 g/mol. The number of nitrogens with zero attached hydrogens (tertiary/aromatic N) is 3. The minimum absolute atomic E-state index is 0.00302. The van der Waals surface area contributed by atoms with Crippen LogP contribution in [0.3, 0.4) is 0 Å². The van der Waals surface area contributed by atoms with E-state index >= 15 is 0 Å². The Morgan fingerprint density at radius 3 is 2.82 bits per heavy atom. The van der Waals surface area contributed by atoms with E-state index in [0.717, 1.165) is 16.2 Å². The van der Waals surface area contributed by atoms with Crippen molar-refractivity contribution >= 4 is 40.1 Å². The first-order valence-corrected chi connectivity index (χ1v) is 9.60. The summed E-state index contributed by atoms with van der Waals surface area (Å²) in [6.07, 6.45) is 0. The smallest absolute Gasteiger partial charge is 0.269 e. The van der Waals surface area contributed by atoms with Crippen LogP contribution in [0, 0.1) is 17.0 Å². The summed E-state index contributed by atoms with van der Waals surface area (Å²) in [6, 6.07) is 12.2. The number of carbonyl (C=O) groups excluding carboxylic acids is 1. The topological polar surface area (TPSA) is 99.3 Å². The molecule has 1 aromatic heterocycles. The number of non-ortho nitro benzene ring substituents is 1. The maximum absolute atomic E-state index is 12.4. The number of methoxy groups -OCH3 is 1. The molecule has 0 aliphatic heterocycles. The summed E-state index contributed by atoms with van der Waals surface area (Å²) < 4.78 is 7.21. The number of ether oxygens (including phenoxy) is 1. The minimum Gasteiger partial charge on any atom is -0.383 e. The Hall–Kier alpha value is -2.91. The van der Waals surface area contributed by atoms with E-state index < -0.39 is 4.92 Å². The van der Waals surface area contributed by atoms with Gasteiger partial charge >= 0.3 is 0 Å². The Bertz CT molecular complexity index is 1020. The van der Waals surface area contributed by atoms with Crippen LogP contribution in [0.2, 0.25) is 0 Å². The number of nitro benzene ring substituents is 1. The lowest BCUT2D eigenvalue weighted by Crippen LogP contribution is -2.15. The van der Waals surface area contributed by atoms with Crippen molar-refractivity contribution < 1.29 is 14.5 Å². The van der Waals surface area contributed by atoms with E-state index in [9.17, 15) is 14.9 Å². The molecule has 1 heterocycles. The van der Waals surface area contributed by atoms with E-state index in [0.29, 0.717) is 24.4 Å². The van der Waals surface area contributed by atoms with Gasteiger partial charge in [-0.3, -0.25) is 14.9 Å². The maximum Gasteiger partial charge on any atom is 0.269 e. The zero-order valence-corrected chi connectivity index (χ0v) is 16.4. The van der Waals surface area contributed by atoms with Crippen molar-refractivity contribution in [3.63, 3.8) is 0 Å². The normalized spacial score (nSPS) is 10.9. The van der Waals surface area contributed by atoms with Crippen LogP contribution in [-0.4, -0.2) is 39.9 Å². The summed E-state index contributed by atoms with van der Waals surface area (Å²) in [5.41, 5.74) is 3.06. The maximum atomic E-state index is 12.4. The molecule has 146 valence electrons. The Morgan fingerprint density at radius 2 is 2.11 bits per heavy atom. The van der Waals surface area contributed by atoms with Crippen LogP contribution in [0.4, 0.5) is 11.4 Å². The number of benzene rings is 2. The van der Waals surface area contributed by atoms with Crippen LogP contribution in [0.25, 0.3) is 11.0 Å². The van der Waals surface area contributed by atoms with Crippen LogP contribution in [0.5, 0.6) is 0 Å². The number of hydrogen-bond donors (Lipinski definition) is 1. The average molecular weight is 400 g/mol. The molecule has 8 nitrogen and oxygen atoms in total. The molecule has 3 aromatic rings. The first-order valence-electron chi connectivity index (χ1n) is 8.61. The highest BCUT2D eigenvalue weighted by Crippen LogP contribution is 2.25. The van der Waals surface area contributed by atoms with E-state index in [4.69, 9.17) is 4.74 Å². The molecule has 0 unspecified atom stereocenters. The predicted molar refractivity (Wildman–Crippen MR) is 109 cm³/mol. The number of amides is 1. The van der Waals surface area contributed by atoms with Crippen LogP contribution in [0.15, 0.2) is 47.6 Å². The number of fused-ring (bicyclic) bond motifs is 1. The largest absolute Gasteiger partial charge is 0.383 e. The summed E-state index contributed by atoms with van der Waals surface area (Å²) >= 11 is 1.34. The minimum atomic E-state index is -0.459. The SMILES string of the molecule is COCCn1c(SCC(=O)Nc2ccc([N+](=O)[O-])cc2C)nc2ccccc21. The van der Waals surface area contributed by atoms with Gasteiger partial charge in [-0.05, 0) is 30.7 Å². The Labute approximate surface area is 166 Å². The van der Waals surface area contributed by atoms with Crippen LogP contribution >= 0.6 is 11.8 Å². The monoisotopic (exact) mass is 400 g/mol. The van der Waals surface area contributed by atoms with Crippen LogP contribution < -0.4 is 5.32 Å². The van der Waals surface area contributed by atoms with Crippen molar-refractivity contribution in [1.29, 1.82) is 0 Å².